The predicted octanol–water partition coefficient (Wildman–Crippen LogP) is 2.33. The number of halogens is 1. The molecule has 0 radical (unpaired) electrons. The van der Waals surface area contributed by atoms with E-state index < -0.39 is 16.8 Å². The summed E-state index contributed by atoms with van der Waals surface area (Å²) in [7, 11) is 0. The first-order chi connectivity index (χ1) is 7.91. The Kier molecular flexibility index (Phi) is 4.67. The number of nitro benzene ring substituents is 1. The summed E-state index contributed by atoms with van der Waals surface area (Å²) in [4.78, 5) is 20.9. The van der Waals surface area contributed by atoms with Gasteiger partial charge in [-0.15, -0.1) is 0 Å². The fourth-order valence-electron chi connectivity index (χ4n) is 1.16. The summed E-state index contributed by atoms with van der Waals surface area (Å²) in [5.74, 6) is -1.54. The van der Waals surface area contributed by atoms with E-state index >= 15 is 0 Å². The third kappa shape index (κ3) is 3.84. The zero-order valence-electron chi connectivity index (χ0n) is 9.01. The van der Waals surface area contributed by atoms with Gasteiger partial charge in [0.15, 0.2) is 0 Å². The van der Waals surface area contributed by atoms with E-state index in [0.29, 0.717) is 5.69 Å². The number of aliphatic carboxylic acids is 1. The number of carbonyl (C=O) groups is 1. The highest BCUT2D eigenvalue weighted by Crippen LogP contribution is 2.26. The molecular formula is C10H11IN2O4. The number of carboxylic acid groups (broad SMARTS) is 1. The van der Waals surface area contributed by atoms with Crippen LogP contribution in [0.25, 0.3) is 0 Å². The second kappa shape index (κ2) is 5.80. The maximum Gasteiger partial charge on any atom is 0.308 e. The van der Waals surface area contributed by atoms with E-state index in [1.807, 2.05) is 22.6 Å². The molecule has 17 heavy (non-hydrogen) atoms. The summed E-state index contributed by atoms with van der Waals surface area (Å²) in [5, 5.41) is 22.3. The van der Waals surface area contributed by atoms with Gasteiger partial charge in [0.25, 0.3) is 5.69 Å². The normalized spacial score (nSPS) is 11.9. The van der Waals surface area contributed by atoms with Gasteiger partial charge < -0.3 is 10.4 Å². The molecule has 0 aliphatic carbocycles. The van der Waals surface area contributed by atoms with Crippen LogP contribution in [0.2, 0.25) is 0 Å². The van der Waals surface area contributed by atoms with Crippen molar-refractivity contribution in [2.45, 2.75) is 6.92 Å². The third-order valence-electron chi connectivity index (χ3n) is 2.18. The molecule has 1 atom stereocenters. The standard InChI is InChI=1S/C10H11IN2O4/c1-6(10(14)15)5-12-8-3-2-7(11)4-9(8)13(16)17/h2-4,6,12H,5H2,1H3,(H,14,15). The van der Waals surface area contributed by atoms with Gasteiger partial charge in [0, 0.05) is 16.2 Å². The van der Waals surface area contributed by atoms with E-state index in [4.69, 9.17) is 5.11 Å². The minimum Gasteiger partial charge on any atom is -0.481 e. The van der Waals surface area contributed by atoms with Gasteiger partial charge in [-0.1, -0.05) is 6.92 Å². The Bertz CT molecular complexity index is 450. The molecule has 0 aliphatic rings. The van der Waals surface area contributed by atoms with E-state index in [9.17, 15) is 14.9 Å². The van der Waals surface area contributed by atoms with Crippen LogP contribution in [0.5, 0.6) is 0 Å². The van der Waals surface area contributed by atoms with E-state index in [-0.39, 0.29) is 12.2 Å². The number of hydrogen-bond donors (Lipinski definition) is 2. The van der Waals surface area contributed by atoms with Gasteiger partial charge in [0.2, 0.25) is 0 Å². The Hall–Kier alpha value is -1.38. The number of nitrogens with zero attached hydrogens (tertiary/aromatic N) is 1. The molecular weight excluding hydrogens is 339 g/mol. The molecule has 0 fully saturated rings. The second-order valence-corrected chi connectivity index (χ2v) is 4.78. The van der Waals surface area contributed by atoms with Gasteiger partial charge in [0.05, 0.1) is 10.8 Å². The average Bonchev–Trinajstić information content (AvgIpc) is 2.26. The minimum absolute atomic E-state index is 0.0468. The molecule has 1 unspecified atom stereocenters. The highest BCUT2D eigenvalue weighted by Gasteiger charge is 2.16. The number of carboxylic acids is 1. The van der Waals surface area contributed by atoms with Gasteiger partial charge in [-0.2, -0.15) is 0 Å². The van der Waals surface area contributed by atoms with Gasteiger partial charge in [-0.3, -0.25) is 14.9 Å². The lowest BCUT2D eigenvalue weighted by molar-refractivity contribution is -0.384. The zero-order chi connectivity index (χ0) is 13.0. The summed E-state index contributed by atoms with van der Waals surface area (Å²) < 4.78 is 0.756. The van der Waals surface area contributed by atoms with Crippen LogP contribution < -0.4 is 5.32 Å². The van der Waals surface area contributed by atoms with Crippen LogP contribution in [0, 0.1) is 19.6 Å². The molecule has 2 N–H and O–H groups in total. The lowest BCUT2D eigenvalue weighted by Crippen LogP contribution is -2.20. The van der Waals surface area contributed by atoms with Crippen molar-refractivity contribution in [3.8, 4) is 0 Å². The third-order valence-corrected chi connectivity index (χ3v) is 2.85. The van der Waals surface area contributed by atoms with E-state index in [0.717, 1.165) is 3.57 Å². The van der Waals surface area contributed by atoms with Crippen LogP contribution >= 0.6 is 22.6 Å². The first-order valence-electron chi connectivity index (χ1n) is 4.82. The quantitative estimate of drug-likeness (QED) is 0.483. The lowest BCUT2D eigenvalue weighted by Gasteiger charge is -2.10. The number of hydrogen-bond acceptors (Lipinski definition) is 4. The molecule has 0 aromatic heterocycles. The number of nitrogens with one attached hydrogen (secondary N) is 1. The van der Waals surface area contributed by atoms with Crippen LogP contribution in [0.4, 0.5) is 11.4 Å². The molecule has 1 rings (SSSR count). The topological polar surface area (TPSA) is 92.5 Å². The number of anilines is 1. The Morgan fingerprint density at radius 2 is 2.29 bits per heavy atom. The Morgan fingerprint density at radius 3 is 2.82 bits per heavy atom. The van der Waals surface area contributed by atoms with Crippen LogP contribution in [0.3, 0.4) is 0 Å². The summed E-state index contributed by atoms with van der Waals surface area (Å²) in [6, 6.07) is 4.74. The molecule has 1 aromatic rings. The van der Waals surface area contributed by atoms with Crippen molar-refractivity contribution in [2.24, 2.45) is 5.92 Å². The van der Waals surface area contributed by atoms with Gasteiger partial charge in [-0.25, -0.2) is 0 Å². The van der Waals surface area contributed by atoms with Gasteiger partial charge in [-0.05, 0) is 34.7 Å². The maximum atomic E-state index is 10.8. The molecule has 6 nitrogen and oxygen atoms in total. The smallest absolute Gasteiger partial charge is 0.308 e. The van der Waals surface area contributed by atoms with E-state index in [1.165, 1.54) is 13.0 Å². The van der Waals surface area contributed by atoms with Crippen LogP contribution in [-0.2, 0) is 4.79 Å². The average molecular weight is 350 g/mol. The Morgan fingerprint density at radius 1 is 1.65 bits per heavy atom. The largest absolute Gasteiger partial charge is 0.481 e. The summed E-state index contributed by atoms with van der Waals surface area (Å²) >= 11 is 1.98. The molecule has 0 aliphatic heterocycles. The molecule has 0 heterocycles. The second-order valence-electron chi connectivity index (χ2n) is 3.54. The highest BCUT2D eigenvalue weighted by atomic mass is 127. The Balaban J connectivity index is 2.84. The Labute approximate surface area is 111 Å². The van der Waals surface area contributed by atoms with E-state index in [1.54, 1.807) is 12.1 Å². The fourth-order valence-corrected chi connectivity index (χ4v) is 1.63. The van der Waals surface area contributed by atoms with Crippen LogP contribution in [0.1, 0.15) is 6.92 Å². The van der Waals surface area contributed by atoms with Gasteiger partial charge >= 0.3 is 5.97 Å². The lowest BCUT2D eigenvalue weighted by atomic mass is 10.2. The summed E-state index contributed by atoms with van der Waals surface area (Å²) in [6.45, 7) is 1.69. The molecule has 0 spiro atoms. The number of nitro groups is 1. The maximum absolute atomic E-state index is 10.8. The van der Waals surface area contributed by atoms with Crippen LogP contribution in [-0.4, -0.2) is 22.5 Å². The number of benzene rings is 1. The first-order valence-corrected chi connectivity index (χ1v) is 5.90. The first kappa shape index (κ1) is 13.7. The van der Waals surface area contributed by atoms with Crippen molar-refractivity contribution < 1.29 is 14.8 Å². The summed E-state index contributed by atoms with van der Waals surface area (Å²) in [6.07, 6.45) is 0. The van der Waals surface area contributed by atoms with Crippen molar-refractivity contribution in [3.05, 3.63) is 31.9 Å². The SMILES string of the molecule is CC(CNc1ccc(I)cc1[N+](=O)[O-])C(=O)O. The number of rotatable bonds is 5. The van der Waals surface area contributed by atoms with Crippen molar-refractivity contribution in [1.82, 2.24) is 0 Å². The highest BCUT2D eigenvalue weighted by molar-refractivity contribution is 14.1. The molecule has 0 saturated carbocycles. The van der Waals surface area contributed by atoms with Gasteiger partial charge in [0.1, 0.15) is 5.69 Å². The van der Waals surface area contributed by atoms with Crippen molar-refractivity contribution in [3.63, 3.8) is 0 Å². The molecule has 7 heteroatoms. The van der Waals surface area contributed by atoms with Crippen molar-refractivity contribution >= 4 is 39.9 Å². The van der Waals surface area contributed by atoms with Crippen LogP contribution in [0.15, 0.2) is 18.2 Å². The van der Waals surface area contributed by atoms with Crippen molar-refractivity contribution in [2.75, 3.05) is 11.9 Å². The molecule has 0 bridgehead atoms. The summed E-state index contributed by atoms with van der Waals surface area (Å²) in [5.41, 5.74) is 0.290. The minimum atomic E-state index is -0.939. The molecule has 0 amide bonds. The molecule has 1 aromatic carbocycles. The van der Waals surface area contributed by atoms with Crippen molar-refractivity contribution in [1.29, 1.82) is 0 Å². The van der Waals surface area contributed by atoms with E-state index in [2.05, 4.69) is 5.32 Å². The molecule has 0 saturated heterocycles. The molecule has 92 valence electrons. The zero-order valence-corrected chi connectivity index (χ0v) is 11.2. The monoisotopic (exact) mass is 350 g/mol. The fraction of sp³-hybridized carbons (Fsp3) is 0.300. The predicted molar refractivity (Wildman–Crippen MR) is 71.1 cm³/mol.